The summed E-state index contributed by atoms with van der Waals surface area (Å²) in [6.45, 7) is 3.12. The molecule has 152 valence electrons. The lowest BCUT2D eigenvalue weighted by Crippen LogP contribution is -2.35. The lowest BCUT2D eigenvalue weighted by molar-refractivity contribution is 0.346. The van der Waals surface area contributed by atoms with Gasteiger partial charge in [-0.25, -0.2) is 18.1 Å². The molecular weight excluding hydrogens is 388 g/mol. The van der Waals surface area contributed by atoms with E-state index in [0.717, 1.165) is 30.6 Å². The first-order chi connectivity index (χ1) is 14.0. The van der Waals surface area contributed by atoms with E-state index >= 15 is 0 Å². The fourth-order valence-electron chi connectivity index (χ4n) is 3.35. The van der Waals surface area contributed by atoms with Crippen LogP contribution in [0.5, 0.6) is 0 Å². The maximum absolute atomic E-state index is 12.7. The fourth-order valence-corrected chi connectivity index (χ4v) is 4.81. The number of nitrogens with zero attached hydrogens (tertiary/aromatic N) is 5. The van der Waals surface area contributed by atoms with Crippen LogP contribution in [0.3, 0.4) is 0 Å². The molecule has 1 aromatic carbocycles. The Labute approximate surface area is 170 Å². The Morgan fingerprint density at radius 1 is 1.03 bits per heavy atom. The zero-order chi connectivity index (χ0) is 20.3. The van der Waals surface area contributed by atoms with Gasteiger partial charge in [0.2, 0.25) is 10.0 Å². The summed E-state index contributed by atoms with van der Waals surface area (Å²) >= 11 is 0. The molecule has 1 unspecified atom stereocenters. The highest BCUT2D eigenvalue weighted by Gasteiger charge is 2.26. The van der Waals surface area contributed by atoms with E-state index in [-0.39, 0.29) is 10.9 Å². The first kappa shape index (κ1) is 19.5. The average molecular weight is 413 g/mol. The van der Waals surface area contributed by atoms with Crippen LogP contribution in [0.2, 0.25) is 0 Å². The second-order valence-corrected chi connectivity index (χ2v) is 9.07. The predicted octanol–water partition coefficient (Wildman–Crippen LogP) is 3.01. The van der Waals surface area contributed by atoms with Gasteiger partial charge in [0.1, 0.15) is 16.4 Å². The van der Waals surface area contributed by atoms with Gasteiger partial charge in [-0.05, 0) is 44.0 Å². The molecule has 0 radical (unpaired) electrons. The third-order valence-electron chi connectivity index (χ3n) is 5.03. The van der Waals surface area contributed by atoms with Gasteiger partial charge in [0.05, 0.1) is 17.9 Å². The van der Waals surface area contributed by atoms with Crippen LogP contribution in [-0.2, 0) is 10.0 Å². The van der Waals surface area contributed by atoms with Gasteiger partial charge in [-0.2, -0.15) is 4.31 Å². The minimum absolute atomic E-state index is 0.135. The Morgan fingerprint density at radius 3 is 2.48 bits per heavy atom. The molecule has 1 saturated heterocycles. The molecular formula is C20H24N6O2S. The molecule has 8 nitrogen and oxygen atoms in total. The number of anilines is 1. The van der Waals surface area contributed by atoms with Crippen LogP contribution in [0.15, 0.2) is 59.8 Å². The molecule has 1 N–H and O–H groups in total. The van der Waals surface area contributed by atoms with Crippen molar-refractivity contribution in [3.63, 3.8) is 0 Å². The largest absolute Gasteiger partial charge is 0.362 e. The Balaban J connectivity index is 1.44. The number of para-hydroxylation sites is 1. The molecule has 0 aliphatic carbocycles. The topological polar surface area (TPSA) is 93.0 Å². The lowest BCUT2D eigenvalue weighted by atomic mass is 10.2. The summed E-state index contributed by atoms with van der Waals surface area (Å²) in [5.74, 6) is 0.587. The van der Waals surface area contributed by atoms with Crippen molar-refractivity contribution in [2.24, 2.45) is 0 Å². The molecule has 1 atom stereocenters. The zero-order valence-corrected chi connectivity index (χ0v) is 17.1. The highest BCUT2D eigenvalue weighted by molar-refractivity contribution is 7.89. The van der Waals surface area contributed by atoms with Gasteiger partial charge in [-0.15, -0.1) is 5.10 Å². The number of rotatable bonds is 6. The summed E-state index contributed by atoms with van der Waals surface area (Å²) in [5, 5.41) is 11.6. The van der Waals surface area contributed by atoms with Crippen LogP contribution in [-0.4, -0.2) is 45.8 Å². The standard InChI is InChI=1S/C20H24N6O2S/c1-16(19-15-26(24-23-19)17-8-4-2-5-9-17)22-20-11-10-18(14-21-20)29(27,28)25-12-6-3-7-13-25/h2,4-5,8-11,14-16H,3,6-7,12-13H2,1H3,(H,21,22). The molecule has 0 bridgehead atoms. The normalized spacial score (nSPS) is 16.4. The van der Waals surface area contributed by atoms with Crippen LogP contribution in [0.1, 0.15) is 37.9 Å². The van der Waals surface area contributed by atoms with Crippen LogP contribution in [0.4, 0.5) is 5.82 Å². The average Bonchev–Trinajstić information content (AvgIpc) is 3.26. The predicted molar refractivity (Wildman–Crippen MR) is 110 cm³/mol. The Bertz CT molecular complexity index is 1040. The van der Waals surface area contributed by atoms with E-state index in [1.165, 1.54) is 6.20 Å². The maximum atomic E-state index is 12.7. The van der Waals surface area contributed by atoms with Crippen LogP contribution in [0.25, 0.3) is 5.69 Å². The number of hydrogen-bond donors (Lipinski definition) is 1. The molecule has 0 saturated carbocycles. The molecule has 0 amide bonds. The highest BCUT2D eigenvalue weighted by Crippen LogP contribution is 2.22. The van der Waals surface area contributed by atoms with Crippen LogP contribution in [0, 0.1) is 0 Å². The first-order valence-corrected chi connectivity index (χ1v) is 11.2. The SMILES string of the molecule is CC(Nc1ccc(S(=O)(=O)N2CCCCC2)cn1)c1cn(-c2ccccc2)nn1. The minimum Gasteiger partial charge on any atom is -0.362 e. The number of sulfonamides is 1. The Kier molecular flexibility index (Phi) is 5.59. The highest BCUT2D eigenvalue weighted by atomic mass is 32.2. The zero-order valence-electron chi connectivity index (χ0n) is 16.3. The number of piperidine rings is 1. The van der Waals surface area contributed by atoms with Gasteiger partial charge in [0.15, 0.2) is 0 Å². The molecule has 2 aromatic heterocycles. The van der Waals surface area contributed by atoms with E-state index in [1.54, 1.807) is 21.1 Å². The molecule has 9 heteroatoms. The van der Waals surface area contributed by atoms with Crippen molar-refractivity contribution < 1.29 is 8.42 Å². The minimum atomic E-state index is -3.47. The molecule has 4 rings (SSSR count). The summed E-state index contributed by atoms with van der Waals surface area (Å²) in [6, 6.07) is 12.9. The van der Waals surface area contributed by atoms with Crippen molar-refractivity contribution >= 4 is 15.8 Å². The number of aromatic nitrogens is 4. The number of hydrogen-bond acceptors (Lipinski definition) is 6. The number of pyridine rings is 1. The van der Waals surface area contributed by atoms with Gasteiger partial charge in [-0.1, -0.05) is 29.8 Å². The summed E-state index contributed by atoms with van der Waals surface area (Å²) in [6.07, 6.45) is 6.18. The van der Waals surface area contributed by atoms with E-state index in [9.17, 15) is 8.42 Å². The Hall–Kier alpha value is -2.78. The van der Waals surface area contributed by atoms with E-state index in [0.29, 0.717) is 18.9 Å². The van der Waals surface area contributed by atoms with Crippen molar-refractivity contribution in [3.05, 3.63) is 60.6 Å². The van der Waals surface area contributed by atoms with E-state index in [1.807, 2.05) is 43.5 Å². The van der Waals surface area contributed by atoms with Gasteiger partial charge in [0, 0.05) is 19.3 Å². The Morgan fingerprint density at radius 2 is 1.79 bits per heavy atom. The first-order valence-electron chi connectivity index (χ1n) is 9.74. The van der Waals surface area contributed by atoms with Crippen molar-refractivity contribution in [2.45, 2.75) is 37.1 Å². The van der Waals surface area contributed by atoms with E-state index in [4.69, 9.17) is 0 Å². The third-order valence-corrected chi connectivity index (χ3v) is 6.91. The van der Waals surface area contributed by atoms with E-state index < -0.39 is 10.0 Å². The number of benzene rings is 1. The van der Waals surface area contributed by atoms with Gasteiger partial charge in [0.25, 0.3) is 0 Å². The quantitative estimate of drug-likeness (QED) is 0.669. The number of nitrogens with one attached hydrogen (secondary N) is 1. The van der Waals surface area contributed by atoms with Crippen molar-refractivity contribution in [2.75, 3.05) is 18.4 Å². The molecule has 29 heavy (non-hydrogen) atoms. The molecule has 3 heterocycles. The summed E-state index contributed by atoms with van der Waals surface area (Å²) in [4.78, 5) is 4.53. The molecule has 3 aromatic rings. The summed E-state index contributed by atoms with van der Waals surface area (Å²) in [7, 11) is -3.47. The molecule has 0 spiro atoms. The third kappa shape index (κ3) is 4.30. The van der Waals surface area contributed by atoms with Crippen molar-refractivity contribution in [3.8, 4) is 5.69 Å². The van der Waals surface area contributed by atoms with Crippen LogP contribution >= 0.6 is 0 Å². The summed E-state index contributed by atoms with van der Waals surface area (Å²) in [5.41, 5.74) is 1.70. The second-order valence-electron chi connectivity index (χ2n) is 7.13. The molecule has 1 fully saturated rings. The fraction of sp³-hybridized carbons (Fsp3) is 0.350. The monoisotopic (exact) mass is 412 g/mol. The van der Waals surface area contributed by atoms with E-state index in [2.05, 4.69) is 20.6 Å². The van der Waals surface area contributed by atoms with Crippen LogP contribution < -0.4 is 5.32 Å². The van der Waals surface area contributed by atoms with Crippen molar-refractivity contribution in [1.29, 1.82) is 0 Å². The van der Waals surface area contributed by atoms with Crippen molar-refractivity contribution in [1.82, 2.24) is 24.3 Å². The second kappa shape index (κ2) is 8.30. The van der Waals surface area contributed by atoms with Gasteiger partial charge >= 0.3 is 0 Å². The van der Waals surface area contributed by atoms with Gasteiger partial charge in [-0.3, -0.25) is 0 Å². The lowest BCUT2D eigenvalue weighted by Gasteiger charge is -2.25. The molecule has 1 aliphatic rings. The summed E-state index contributed by atoms with van der Waals surface area (Å²) < 4.78 is 28.7. The maximum Gasteiger partial charge on any atom is 0.244 e. The molecule has 1 aliphatic heterocycles. The smallest absolute Gasteiger partial charge is 0.244 e. The van der Waals surface area contributed by atoms with Gasteiger partial charge < -0.3 is 5.32 Å².